The summed E-state index contributed by atoms with van der Waals surface area (Å²) in [7, 11) is 0. The molecule has 1 amide bonds. The SMILES string of the molecule is Cc1c(C(=O)NCCc2ccccc2F)cnn1-c1ccc(Br)cc1. The van der Waals surface area contributed by atoms with Crippen molar-refractivity contribution in [2.45, 2.75) is 13.3 Å². The summed E-state index contributed by atoms with van der Waals surface area (Å²) >= 11 is 3.40. The second kappa shape index (κ2) is 7.61. The lowest BCUT2D eigenvalue weighted by Gasteiger charge is -2.07. The first-order chi connectivity index (χ1) is 12.1. The van der Waals surface area contributed by atoms with E-state index in [0.29, 0.717) is 24.1 Å². The molecule has 0 unspecified atom stereocenters. The van der Waals surface area contributed by atoms with Gasteiger partial charge in [0.1, 0.15) is 5.82 Å². The largest absolute Gasteiger partial charge is 0.352 e. The van der Waals surface area contributed by atoms with Crippen LogP contribution in [0.3, 0.4) is 0 Å². The average Bonchev–Trinajstić information content (AvgIpc) is 2.99. The van der Waals surface area contributed by atoms with E-state index in [4.69, 9.17) is 0 Å². The van der Waals surface area contributed by atoms with Gasteiger partial charge in [-0.05, 0) is 49.2 Å². The predicted molar refractivity (Wildman–Crippen MR) is 98.4 cm³/mol. The van der Waals surface area contributed by atoms with Crippen molar-refractivity contribution in [2.24, 2.45) is 0 Å². The number of nitrogens with zero attached hydrogens (tertiary/aromatic N) is 2. The molecule has 0 aliphatic rings. The quantitative estimate of drug-likeness (QED) is 0.700. The molecule has 4 nitrogen and oxygen atoms in total. The van der Waals surface area contributed by atoms with E-state index >= 15 is 0 Å². The first-order valence-corrected chi connectivity index (χ1v) is 8.67. The number of rotatable bonds is 5. The Morgan fingerprint density at radius 1 is 1.20 bits per heavy atom. The number of nitrogens with one attached hydrogen (secondary N) is 1. The molecule has 6 heteroatoms. The molecule has 0 bridgehead atoms. The Kier molecular flexibility index (Phi) is 5.28. The Bertz CT molecular complexity index is 890. The maximum atomic E-state index is 13.6. The summed E-state index contributed by atoms with van der Waals surface area (Å²) in [6.45, 7) is 2.21. The van der Waals surface area contributed by atoms with Gasteiger partial charge in [-0.1, -0.05) is 34.1 Å². The number of carbonyl (C=O) groups is 1. The molecule has 0 saturated heterocycles. The third-order valence-corrected chi connectivity index (χ3v) is 4.49. The molecule has 3 aromatic rings. The molecular formula is C19H17BrFN3O. The number of carbonyl (C=O) groups excluding carboxylic acids is 1. The Morgan fingerprint density at radius 3 is 2.64 bits per heavy atom. The van der Waals surface area contributed by atoms with Gasteiger partial charge in [-0.2, -0.15) is 5.10 Å². The number of benzene rings is 2. The van der Waals surface area contributed by atoms with E-state index in [2.05, 4.69) is 26.3 Å². The van der Waals surface area contributed by atoms with Gasteiger partial charge >= 0.3 is 0 Å². The van der Waals surface area contributed by atoms with Crippen LogP contribution in [-0.4, -0.2) is 22.2 Å². The molecule has 0 spiro atoms. The first kappa shape index (κ1) is 17.4. The van der Waals surface area contributed by atoms with Crippen LogP contribution >= 0.6 is 15.9 Å². The molecule has 128 valence electrons. The van der Waals surface area contributed by atoms with E-state index in [1.807, 2.05) is 31.2 Å². The molecule has 1 N–H and O–H groups in total. The van der Waals surface area contributed by atoms with Crippen molar-refractivity contribution in [1.82, 2.24) is 15.1 Å². The summed E-state index contributed by atoms with van der Waals surface area (Å²) in [5.41, 5.74) is 2.73. The van der Waals surface area contributed by atoms with Crippen LogP contribution in [0, 0.1) is 12.7 Å². The van der Waals surface area contributed by atoms with Crippen molar-refractivity contribution in [1.29, 1.82) is 0 Å². The zero-order valence-electron chi connectivity index (χ0n) is 13.7. The highest BCUT2D eigenvalue weighted by atomic mass is 79.9. The zero-order valence-corrected chi connectivity index (χ0v) is 15.3. The highest BCUT2D eigenvalue weighted by Crippen LogP contribution is 2.17. The normalized spacial score (nSPS) is 10.7. The summed E-state index contributed by atoms with van der Waals surface area (Å²) in [5.74, 6) is -0.465. The molecular weight excluding hydrogens is 385 g/mol. The highest BCUT2D eigenvalue weighted by Gasteiger charge is 2.15. The Hall–Kier alpha value is -2.47. The topological polar surface area (TPSA) is 46.9 Å². The van der Waals surface area contributed by atoms with E-state index in [0.717, 1.165) is 15.9 Å². The van der Waals surface area contributed by atoms with Gasteiger partial charge in [-0.15, -0.1) is 0 Å². The second-order valence-electron chi connectivity index (χ2n) is 5.63. The summed E-state index contributed by atoms with van der Waals surface area (Å²) in [6, 6.07) is 14.3. The molecule has 0 saturated carbocycles. The molecule has 1 heterocycles. The molecule has 0 aliphatic carbocycles. The van der Waals surface area contributed by atoms with Gasteiger partial charge in [0.25, 0.3) is 5.91 Å². The van der Waals surface area contributed by atoms with Crippen LogP contribution in [0.5, 0.6) is 0 Å². The van der Waals surface area contributed by atoms with Gasteiger partial charge in [0.2, 0.25) is 0 Å². The van der Waals surface area contributed by atoms with Crippen molar-refractivity contribution >= 4 is 21.8 Å². The minimum Gasteiger partial charge on any atom is -0.352 e. The summed E-state index contributed by atoms with van der Waals surface area (Å²) in [6.07, 6.45) is 1.99. The minimum absolute atomic E-state index is 0.211. The van der Waals surface area contributed by atoms with Crippen molar-refractivity contribution < 1.29 is 9.18 Å². The molecule has 0 aliphatic heterocycles. The number of halogens is 2. The summed E-state index contributed by atoms with van der Waals surface area (Å²) in [5, 5.41) is 7.12. The van der Waals surface area contributed by atoms with Gasteiger partial charge in [0, 0.05) is 11.0 Å². The van der Waals surface area contributed by atoms with E-state index in [1.165, 1.54) is 6.07 Å². The fourth-order valence-electron chi connectivity index (χ4n) is 2.58. The predicted octanol–water partition coefficient (Wildman–Crippen LogP) is 4.05. The fourth-order valence-corrected chi connectivity index (χ4v) is 2.85. The number of aromatic nitrogens is 2. The smallest absolute Gasteiger partial charge is 0.254 e. The molecule has 0 atom stereocenters. The van der Waals surface area contributed by atoms with Crippen molar-refractivity contribution in [3.63, 3.8) is 0 Å². The first-order valence-electron chi connectivity index (χ1n) is 7.88. The van der Waals surface area contributed by atoms with Crippen LogP contribution in [0.4, 0.5) is 4.39 Å². The Morgan fingerprint density at radius 2 is 1.92 bits per heavy atom. The van der Waals surface area contributed by atoms with Crippen LogP contribution in [-0.2, 0) is 6.42 Å². The maximum absolute atomic E-state index is 13.6. The van der Waals surface area contributed by atoms with Crippen molar-refractivity contribution in [3.05, 3.63) is 81.8 Å². The van der Waals surface area contributed by atoms with Crippen LogP contribution < -0.4 is 5.32 Å². The second-order valence-corrected chi connectivity index (χ2v) is 6.54. The third-order valence-electron chi connectivity index (χ3n) is 3.96. The van der Waals surface area contributed by atoms with E-state index < -0.39 is 0 Å². The van der Waals surface area contributed by atoms with Crippen LogP contribution in [0.15, 0.2) is 59.2 Å². The molecule has 3 rings (SSSR count). The maximum Gasteiger partial charge on any atom is 0.254 e. The van der Waals surface area contributed by atoms with Gasteiger partial charge in [-0.3, -0.25) is 4.79 Å². The van der Waals surface area contributed by atoms with Gasteiger partial charge in [0.15, 0.2) is 0 Å². The van der Waals surface area contributed by atoms with E-state index in [-0.39, 0.29) is 11.7 Å². The minimum atomic E-state index is -0.254. The lowest BCUT2D eigenvalue weighted by molar-refractivity contribution is 0.0953. The zero-order chi connectivity index (χ0) is 17.8. The fraction of sp³-hybridized carbons (Fsp3) is 0.158. The van der Waals surface area contributed by atoms with Gasteiger partial charge in [-0.25, -0.2) is 9.07 Å². The van der Waals surface area contributed by atoms with Crippen molar-refractivity contribution in [2.75, 3.05) is 6.54 Å². The Balaban J connectivity index is 1.67. The summed E-state index contributed by atoms with van der Waals surface area (Å²) in [4.78, 5) is 12.4. The van der Waals surface area contributed by atoms with Crippen molar-refractivity contribution in [3.8, 4) is 5.69 Å². The third kappa shape index (κ3) is 3.96. The number of hydrogen-bond donors (Lipinski definition) is 1. The highest BCUT2D eigenvalue weighted by molar-refractivity contribution is 9.10. The van der Waals surface area contributed by atoms with Gasteiger partial charge < -0.3 is 5.32 Å². The van der Waals surface area contributed by atoms with Gasteiger partial charge in [0.05, 0.1) is 23.1 Å². The lowest BCUT2D eigenvalue weighted by atomic mass is 10.1. The monoisotopic (exact) mass is 401 g/mol. The molecule has 2 aromatic carbocycles. The van der Waals surface area contributed by atoms with Crippen LogP contribution in [0.1, 0.15) is 21.6 Å². The molecule has 1 aromatic heterocycles. The Labute approximate surface area is 153 Å². The summed E-state index contributed by atoms with van der Waals surface area (Å²) < 4.78 is 16.3. The van der Waals surface area contributed by atoms with E-state index in [1.54, 1.807) is 29.1 Å². The van der Waals surface area contributed by atoms with Crippen LogP contribution in [0.2, 0.25) is 0 Å². The number of hydrogen-bond acceptors (Lipinski definition) is 2. The van der Waals surface area contributed by atoms with Crippen LogP contribution in [0.25, 0.3) is 5.69 Å². The standard InChI is InChI=1S/C19H17BrFN3O/c1-13-17(12-23-24(13)16-8-6-15(20)7-9-16)19(25)22-11-10-14-4-2-3-5-18(14)21/h2-9,12H,10-11H2,1H3,(H,22,25). The molecule has 25 heavy (non-hydrogen) atoms. The van der Waals surface area contributed by atoms with E-state index in [9.17, 15) is 9.18 Å². The number of amides is 1. The lowest BCUT2D eigenvalue weighted by Crippen LogP contribution is -2.26. The molecule has 0 fully saturated rings. The average molecular weight is 402 g/mol. The molecule has 0 radical (unpaired) electrons.